The molecule has 1 unspecified atom stereocenters. The predicted octanol–water partition coefficient (Wildman–Crippen LogP) is 1.01. The van der Waals surface area contributed by atoms with E-state index >= 15 is 0 Å². The molecule has 3 heteroatoms. The highest BCUT2D eigenvalue weighted by molar-refractivity contribution is 7.98. The van der Waals surface area contributed by atoms with E-state index in [1.807, 2.05) is 0 Å². The molecule has 0 saturated heterocycles. The van der Waals surface area contributed by atoms with Gasteiger partial charge in [0.05, 0.1) is 0 Å². The molecule has 0 amide bonds. The molecule has 0 rings (SSSR count). The zero-order valence-corrected chi connectivity index (χ0v) is 7.83. The van der Waals surface area contributed by atoms with Crippen LogP contribution in [0.15, 0.2) is 0 Å². The smallest absolute Gasteiger partial charge is 0.0292 e. The average Bonchev–Trinajstić information content (AvgIpc) is 1.57. The minimum Gasteiger partial charge on any atom is -0.260 e. The van der Waals surface area contributed by atoms with E-state index in [2.05, 4.69) is 26.6 Å². The Morgan fingerprint density at radius 3 is 2.00 bits per heavy atom. The van der Waals surface area contributed by atoms with Crippen molar-refractivity contribution in [2.75, 3.05) is 5.75 Å². The Bertz CT molecular complexity index is 186. The van der Waals surface area contributed by atoms with Gasteiger partial charge in [-0.3, -0.25) is 9.35 Å². The van der Waals surface area contributed by atoms with Crippen LogP contribution in [0.3, 0.4) is 0 Å². The zero-order chi connectivity index (χ0) is 8.41. The van der Waals surface area contributed by atoms with Gasteiger partial charge in [-0.2, -0.15) is 0 Å². The van der Waals surface area contributed by atoms with Crippen LogP contribution in [-0.4, -0.2) is 15.8 Å². The van der Waals surface area contributed by atoms with Crippen molar-refractivity contribution in [3.63, 3.8) is 0 Å². The molecule has 0 aliphatic heterocycles. The Morgan fingerprint density at radius 1 is 1.50 bits per heavy atom. The van der Waals surface area contributed by atoms with Crippen molar-refractivity contribution in [1.29, 1.82) is 0 Å². The van der Waals surface area contributed by atoms with Crippen LogP contribution in [0.4, 0.5) is 0 Å². The summed E-state index contributed by atoms with van der Waals surface area (Å²) in [5.74, 6) is 3.90. The normalized spacial score (nSPS) is 18.4. The van der Waals surface area contributed by atoms with Crippen molar-refractivity contribution >= 4 is 15.6 Å². The highest BCUT2D eigenvalue weighted by atomic mass is 32.2. The molecule has 0 spiro atoms. The molecule has 2 nitrogen and oxygen atoms in total. The second kappa shape index (κ2) is 2.93. The van der Waals surface area contributed by atoms with E-state index in [9.17, 15) is 4.21 Å². The van der Waals surface area contributed by atoms with Gasteiger partial charge in [0.1, 0.15) is 0 Å². The van der Waals surface area contributed by atoms with Crippen LogP contribution < -0.4 is 5.14 Å². The molecule has 0 bridgehead atoms. The molecule has 0 aromatic carbocycles. The summed E-state index contributed by atoms with van der Waals surface area (Å²) in [7, 11) is -2.26. The van der Waals surface area contributed by atoms with Gasteiger partial charge in [0.25, 0.3) is 0 Å². The summed E-state index contributed by atoms with van der Waals surface area (Å²) in [6.07, 6.45) is 0.867. The standard InChI is InChI=1S/C7H17NOS/c1-7(2,3)5-6-10(4,8)9/h4-6H2,1-3H3,(H2,8,9). The molecule has 0 heterocycles. The van der Waals surface area contributed by atoms with Crippen LogP contribution in [0.5, 0.6) is 0 Å². The summed E-state index contributed by atoms with van der Waals surface area (Å²) in [5.41, 5.74) is 0.208. The molecule has 0 radical (unpaired) electrons. The third-order valence-corrected chi connectivity index (χ3v) is 2.09. The first-order valence-corrected chi connectivity index (χ1v) is 5.29. The molecule has 2 N–H and O–H groups in total. The minimum atomic E-state index is -2.26. The third-order valence-electron chi connectivity index (χ3n) is 1.20. The van der Waals surface area contributed by atoms with Gasteiger partial charge in [0, 0.05) is 15.5 Å². The quantitative estimate of drug-likeness (QED) is 0.607. The first-order valence-electron chi connectivity index (χ1n) is 3.33. The van der Waals surface area contributed by atoms with Gasteiger partial charge in [-0.1, -0.05) is 20.8 Å². The third kappa shape index (κ3) is 7.98. The molecule has 0 aromatic rings. The van der Waals surface area contributed by atoms with Gasteiger partial charge < -0.3 is 0 Å². The monoisotopic (exact) mass is 163 g/mol. The number of hydrogen-bond acceptors (Lipinski definition) is 1. The fraction of sp³-hybridized carbons (Fsp3) is 0.857. The summed E-state index contributed by atoms with van der Waals surface area (Å²) < 4.78 is 10.9. The fourth-order valence-corrected chi connectivity index (χ4v) is 1.44. The van der Waals surface area contributed by atoms with Gasteiger partial charge in [0.2, 0.25) is 0 Å². The van der Waals surface area contributed by atoms with E-state index in [0.717, 1.165) is 6.42 Å². The van der Waals surface area contributed by atoms with Crippen molar-refractivity contribution in [2.45, 2.75) is 27.2 Å². The van der Waals surface area contributed by atoms with E-state index in [4.69, 9.17) is 5.14 Å². The van der Waals surface area contributed by atoms with E-state index in [0.29, 0.717) is 5.75 Å². The number of nitrogens with two attached hydrogens (primary N) is 1. The highest BCUT2D eigenvalue weighted by Crippen LogP contribution is 2.18. The van der Waals surface area contributed by atoms with Crippen LogP contribution in [0.25, 0.3) is 0 Å². The lowest BCUT2D eigenvalue weighted by Crippen LogP contribution is -2.20. The van der Waals surface area contributed by atoms with Crippen molar-refractivity contribution in [3.8, 4) is 0 Å². The first kappa shape index (κ1) is 9.98. The van der Waals surface area contributed by atoms with Crippen molar-refractivity contribution in [3.05, 3.63) is 0 Å². The highest BCUT2D eigenvalue weighted by Gasteiger charge is 2.11. The maximum atomic E-state index is 10.9. The molecule has 62 valence electrons. The van der Waals surface area contributed by atoms with E-state index in [-0.39, 0.29) is 5.41 Å². The summed E-state index contributed by atoms with van der Waals surface area (Å²) in [6.45, 7) is 6.29. The predicted molar refractivity (Wildman–Crippen MR) is 48.4 cm³/mol. The van der Waals surface area contributed by atoms with E-state index in [1.165, 1.54) is 0 Å². The minimum absolute atomic E-state index is 0.208. The van der Waals surface area contributed by atoms with Gasteiger partial charge >= 0.3 is 0 Å². The van der Waals surface area contributed by atoms with E-state index < -0.39 is 9.71 Å². The van der Waals surface area contributed by atoms with Gasteiger partial charge in [-0.15, -0.1) is 0 Å². The number of rotatable bonds is 2. The Balaban J connectivity index is 3.79. The molecule has 0 aliphatic rings. The van der Waals surface area contributed by atoms with Crippen molar-refractivity contribution < 1.29 is 4.21 Å². The topological polar surface area (TPSA) is 43.1 Å². The van der Waals surface area contributed by atoms with Gasteiger partial charge in [-0.05, 0) is 17.7 Å². The lowest BCUT2D eigenvalue weighted by Gasteiger charge is -2.17. The Morgan fingerprint density at radius 2 is 1.90 bits per heavy atom. The Hall–Kier alpha value is -0.0200. The lowest BCUT2D eigenvalue weighted by molar-refractivity contribution is 0.399. The molecule has 0 saturated carbocycles. The summed E-state index contributed by atoms with van der Waals surface area (Å²) in [6, 6.07) is 0. The molecular weight excluding hydrogens is 146 g/mol. The second-order valence-corrected chi connectivity index (χ2v) is 6.03. The molecule has 0 aromatic heterocycles. The van der Waals surface area contributed by atoms with Crippen LogP contribution >= 0.6 is 0 Å². The maximum Gasteiger partial charge on any atom is 0.0292 e. The van der Waals surface area contributed by atoms with Crippen LogP contribution in [0.1, 0.15) is 27.2 Å². The van der Waals surface area contributed by atoms with Crippen molar-refractivity contribution in [1.82, 2.24) is 0 Å². The number of hydrogen-bond donors (Lipinski definition) is 1. The largest absolute Gasteiger partial charge is 0.260 e. The SMILES string of the molecule is C=S(N)(=O)CCC(C)(C)C. The molecule has 0 aliphatic carbocycles. The molecule has 1 atom stereocenters. The zero-order valence-electron chi connectivity index (χ0n) is 7.02. The van der Waals surface area contributed by atoms with Crippen LogP contribution in [0, 0.1) is 5.41 Å². The summed E-state index contributed by atoms with van der Waals surface area (Å²) >= 11 is 0. The Labute approximate surface area is 64.0 Å². The van der Waals surface area contributed by atoms with Gasteiger partial charge in [-0.25, -0.2) is 0 Å². The molecule has 10 heavy (non-hydrogen) atoms. The van der Waals surface area contributed by atoms with Crippen LogP contribution in [0.2, 0.25) is 0 Å². The van der Waals surface area contributed by atoms with Gasteiger partial charge in [0.15, 0.2) is 0 Å². The molecule has 0 fully saturated rings. The molecular formula is C7H17NOS. The van der Waals surface area contributed by atoms with Crippen molar-refractivity contribution in [2.24, 2.45) is 10.6 Å². The average molecular weight is 163 g/mol. The second-order valence-electron chi connectivity index (χ2n) is 3.88. The fourth-order valence-electron chi connectivity index (χ4n) is 0.479. The first-order chi connectivity index (χ1) is 4.21. The van der Waals surface area contributed by atoms with E-state index in [1.54, 1.807) is 0 Å². The van der Waals surface area contributed by atoms with Crippen LogP contribution in [-0.2, 0) is 9.71 Å². The lowest BCUT2D eigenvalue weighted by atomic mass is 9.94. The Kier molecular flexibility index (Phi) is 2.92. The maximum absolute atomic E-state index is 10.9. The summed E-state index contributed by atoms with van der Waals surface area (Å²) in [4.78, 5) is 0. The summed E-state index contributed by atoms with van der Waals surface area (Å²) in [5, 5.41) is 5.26.